The molecule has 0 saturated carbocycles. The molecule has 0 radical (unpaired) electrons. The number of alkyl halides is 1. The first kappa shape index (κ1) is 19.2. The van der Waals surface area contributed by atoms with Gasteiger partial charge in [0.1, 0.15) is 5.60 Å². The lowest BCUT2D eigenvalue weighted by atomic mass is 9.94. The Morgan fingerprint density at radius 2 is 1.84 bits per heavy atom. The Labute approximate surface area is 130 Å². The van der Waals surface area contributed by atoms with Crippen LogP contribution < -0.4 is 0 Å². The lowest BCUT2D eigenvalue weighted by molar-refractivity contribution is -0.0219. The second kappa shape index (κ2) is 9.21. The van der Waals surface area contributed by atoms with Gasteiger partial charge in [-0.05, 0) is 24.3 Å². The maximum Gasteiger partial charge on any atom is 0.128 e. The second-order valence-electron chi connectivity index (χ2n) is 6.32. The molecule has 1 nitrogen and oxygen atoms in total. The van der Waals surface area contributed by atoms with E-state index in [0.29, 0.717) is 5.04 Å². The summed E-state index contributed by atoms with van der Waals surface area (Å²) < 4.78 is 6.35. The van der Waals surface area contributed by atoms with Gasteiger partial charge in [-0.15, -0.1) is 0 Å². The number of unbranched alkanes of at least 4 members (excludes halogenated alkanes) is 1. The van der Waals surface area contributed by atoms with Gasteiger partial charge in [-0.2, -0.15) is 0 Å². The third kappa shape index (κ3) is 6.97. The summed E-state index contributed by atoms with van der Waals surface area (Å²) in [7, 11) is -0.717. The molecule has 0 aliphatic carbocycles. The first-order valence-corrected chi connectivity index (χ1v) is 11.5. The van der Waals surface area contributed by atoms with E-state index >= 15 is 0 Å². The van der Waals surface area contributed by atoms with E-state index in [1.807, 2.05) is 0 Å². The molecule has 1 atom stereocenters. The predicted molar refractivity (Wildman–Crippen MR) is 93.0 cm³/mol. The number of hydrogen-bond acceptors (Lipinski definition) is 1. The Hall–Kier alpha value is 0.217. The molecule has 0 aromatic carbocycles. The first-order chi connectivity index (χ1) is 8.83. The molecule has 112 valence electrons. The molecule has 0 bridgehead atoms. The van der Waals surface area contributed by atoms with E-state index in [1.54, 1.807) is 0 Å². The van der Waals surface area contributed by atoms with Crippen molar-refractivity contribution in [3.8, 4) is 11.8 Å². The molecule has 0 heterocycles. The molecule has 19 heavy (non-hydrogen) atoms. The van der Waals surface area contributed by atoms with Crippen molar-refractivity contribution < 1.29 is 4.74 Å². The molecular weight excluding hydrogens is 316 g/mol. The summed E-state index contributed by atoms with van der Waals surface area (Å²) in [5.74, 6) is 6.54. The van der Waals surface area contributed by atoms with Gasteiger partial charge in [0.05, 0.1) is 11.9 Å². The predicted octanol–water partition coefficient (Wildman–Crippen LogP) is 5.01. The quantitative estimate of drug-likeness (QED) is 0.341. The van der Waals surface area contributed by atoms with Crippen LogP contribution in [0, 0.1) is 11.8 Å². The minimum Gasteiger partial charge on any atom is -0.362 e. The maximum atomic E-state index is 6.35. The molecule has 3 heteroatoms. The monoisotopic (exact) mass is 346 g/mol. The number of halogens is 1. The van der Waals surface area contributed by atoms with Crippen LogP contribution in [0.25, 0.3) is 0 Å². The lowest BCUT2D eigenvalue weighted by Gasteiger charge is -2.35. The highest BCUT2D eigenvalue weighted by Gasteiger charge is 2.31. The van der Waals surface area contributed by atoms with Crippen LogP contribution in [-0.4, -0.2) is 26.3 Å². The summed E-state index contributed by atoms with van der Waals surface area (Å²) in [6.07, 6.45) is 4.41. The highest BCUT2D eigenvalue weighted by Crippen LogP contribution is 2.32. The van der Waals surface area contributed by atoms with Crippen molar-refractivity contribution in [2.75, 3.05) is 11.9 Å². The fourth-order valence-corrected chi connectivity index (χ4v) is 2.24. The fourth-order valence-electron chi connectivity index (χ4n) is 1.69. The zero-order valence-corrected chi connectivity index (χ0v) is 16.3. The first-order valence-electron chi connectivity index (χ1n) is 7.53. The summed E-state index contributed by atoms with van der Waals surface area (Å²) in [5.41, 5.74) is -0.232. The number of rotatable bonds is 8. The van der Waals surface area contributed by atoms with Gasteiger partial charge < -0.3 is 4.74 Å². The summed E-state index contributed by atoms with van der Waals surface area (Å²) in [6, 6.07) is 0. The van der Waals surface area contributed by atoms with Crippen LogP contribution in [0.3, 0.4) is 0 Å². The third-order valence-corrected chi connectivity index (χ3v) is 7.74. The van der Waals surface area contributed by atoms with E-state index in [1.165, 1.54) is 12.8 Å². The highest BCUT2D eigenvalue weighted by molar-refractivity contribution is 9.09. The molecule has 1 unspecified atom stereocenters. The number of ether oxygens (including phenoxy) is 1. The van der Waals surface area contributed by atoms with Crippen molar-refractivity contribution in [2.24, 2.45) is 0 Å². The molecule has 0 spiro atoms. The summed E-state index contributed by atoms with van der Waals surface area (Å²) in [4.78, 5) is 0. The molecule has 0 N–H and O–H groups in total. The molecule has 0 rings (SSSR count). The topological polar surface area (TPSA) is 9.23 Å². The largest absolute Gasteiger partial charge is 0.362 e. The van der Waals surface area contributed by atoms with E-state index in [9.17, 15) is 0 Å². The van der Waals surface area contributed by atoms with Crippen molar-refractivity contribution >= 4 is 24.7 Å². The van der Waals surface area contributed by atoms with Crippen molar-refractivity contribution in [2.45, 2.75) is 77.1 Å². The van der Waals surface area contributed by atoms with Crippen LogP contribution in [0.15, 0.2) is 0 Å². The van der Waals surface area contributed by atoms with Gasteiger partial charge in [0, 0.05) is 8.80 Å². The Morgan fingerprint density at radius 1 is 1.21 bits per heavy atom. The van der Waals surface area contributed by atoms with E-state index < -0.39 is 8.80 Å². The second-order valence-corrected chi connectivity index (χ2v) is 10.8. The Bertz CT molecular complexity index is 304. The average molecular weight is 347 g/mol. The van der Waals surface area contributed by atoms with E-state index in [2.05, 4.69) is 68.6 Å². The molecule has 0 aromatic heterocycles. The average Bonchev–Trinajstić information content (AvgIpc) is 2.38. The summed E-state index contributed by atoms with van der Waals surface area (Å²) >= 11 is 3.39. The molecule has 0 saturated heterocycles. The normalized spacial score (nSPS) is 14.9. The summed E-state index contributed by atoms with van der Waals surface area (Å²) in [6.45, 7) is 14.7. The van der Waals surface area contributed by atoms with Crippen LogP contribution in [0.1, 0.15) is 53.4 Å². The van der Waals surface area contributed by atoms with Crippen LogP contribution >= 0.6 is 15.9 Å². The smallest absolute Gasteiger partial charge is 0.128 e. The van der Waals surface area contributed by atoms with Crippen LogP contribution in [-0.2, 0) is 4.74 Å². The minimum atomic E-state index is -0.717. The molecule has 0 aliphatic rings. The molecule has 0 amide bonds. The van der Waals surface area contributed by atoms with Crippen molar-refractivity contribution in [1.82, 2.24) is 0 Å². The van der Waals surface area contributed by atoms with E-state index in [0.717, 1.165) is 24.8 Å². The van der Waals surface area contributed by atoms with Gasteiger partial charge >= 0.3 is 0 Å². The molecule has 0 fully saturated rings. The molecule has 0 aromatic rings. The highest BCUT2D eigenvalue weighted by atomic mass is 79.9. The Morgan fingerprint density at radius 3 is 2.26 bits per heavy atom. The van der Waals surface area contributed by atoms with Gasteiger partial charge in [-0.1, -0.05) is 75.0 Å². The minimum absolute atomic E-state index is 0.232. The fraction of sp³-hybridized carbons (Fsp3) is 0.875. The third-order valence-electron chi connectivity index (χ3n) is 4.17. The van der Waals surface area contributed by atoms with Gasteiger partial charge in [-0.25, -0.2) is 0 Å². The van der Waals surface area contributed by atoms with Crippen LogP contribution in [0.2, 0.25) is 18.1 Å². The van der Waals surface area contributed by atoms with Gasteiger partial charge in [0.2, 0.25) is 0 Å². The van der Waals surface area contributed by atoms with Gasteiger partial charge in [0.15, 0.2) is 0 Å². The van der Waals surface area contributed by atoms with E-state index in [4.69, 9.17) is 4.74 Å². The number of hydrogen-bond donors (Lipinski definition) is 0. The van der Waals surface area contributed by atoms with E-state index in [-0.39, 0.29) is 5.60 Å². The van der Waals surface area contributed by atoms with Crippen LogP contribution in [0.4, 0.5) is 0 Å². The summed E-state index contributed by atoms with van der Waals surface area (Å²) in [5, 5.41) is 1.06. The van der Waals surface area contributed by atoms with Crippen molar-refractivity contribution in [3.05, 3.63) is 0 Å². The lowest BCUT2D eigenvalue weighted by Crippen LogP contribution is -2.36. The van der Waals surface area contributed by atoms with Crippen molar-refractivity contribution in [3.63, 3.8) is 0 Å². The zero-order chi connectivity index (χ0) is 14.9. The molecule has 0 aliphatic heterocycles. The van der Waals surface area contributed by atoms with Gasteiger partial charge in [0.25, 0.3) is 0 Å². The standard InChI is InChI=1S/C16H31BrOSi/c1-7-9-11-16(8-2,12-10-13-17)18-14-15(3,4)19(5)6/h19H,7-9,11,13-14H2,1-6H3. The van der Waals surface area contributed by atoms with Gasteiger partial charge in [-0.3, -0.25) is 0 Å². The Kier molecular flexibility index (Phi) is 9.31. The molecular formula is C16H31BrOSi. The SMILES string of the molecule is CCCCC(C#CCBr)(CC)OCC(C)(C)[SiH](C)C. The van der Waals surface area contributed by atoms with Crippen molar-refractivity contribution in [1.29, 1.82) is 0 Å². The van der Waals surface area contributed by atoms with Crippen LogP contribution in [0.5, 0.6) is 0 Å². The Balaban J connectivity index is 4.83. The zero-order valence-electron chi connectivity index (χ0n) is 13.6. The maximum absolute atomic E-state index is 6.35.